The van der Waals surface area contributed by atoms with Gasteiger partial charge in [-0.05, 0) is 26.8 Å². The zero-order valence-electron chi connectivity index (χ0n) is 11.4. The molecule has 1 rings (SSSR count). The third kappa shape index (κ3) is 5.89. The first kappa shape index (κ1) is 15.0. The van der Waals surface area contributed by atoms with Gasteiger partial charge in [0.1, 0.15) is 0 Å². The van der Waals surface area contributed by atoms with Gasteiger partial charge >= 0.3 is 12.0 Å². The monoisotopic (exact) mass is 268 g/mol. The van der Waals surface area contributed by atoms with Crippen LogP contribution in [0.15, 0.2) is 18.5 Å². The fourth-order valence-corrected chi connectivity index (χ4v) is 1.72. The van der Waals surface area contributed by atoms with Crippen molar-refractivity contribution in [1.82, 2.24) is 20.4 Å². The Morgan fingerprint density at radius 3 is 2.68 bits per heavy atom. The van der Waals surface area contributed by atoms with E-state index in [2.05, 4.69) is 15.7 Å². The molecule has 3 N–H and O–H groups in total. The van der Waals surface area contributed by atoms with Crippen molar-refractivity contribution in [3.8, 4) is 0 Å². The van der Waals surface area contributed by atoms with E-state index in [1.807, 2.05) is 19.2 Å². The first-order valence-corrected chi connectivity index (χ1v) is 6.06. The maximum atomic E-state index is 11.7. The molecule has 1 aromatic heterocycles. The van der Waals surface area contributed by atoms with Crippen LogP contribution in [0.1, 0.15) is 27.2 Å². The van der Waals surface area contributed by atoms with Crippen molar-refractivity contribution in [2.45, 2.75) is 45.3 Å². The zero-order chi connectivity index (χ0) is 14.5. The van der Waals surface area contributed by atoms with E-state index < -0.39 is 11.5 Å². The summed E-state index contributed by atoms with van der Waals surface area (Å²) in [5.41, 5.74) is -0.790. The highest BCUT2D eigenvalue weighted by molar-refractivity contribution is 5.76. The van der Waals surface area contributed by atoms with Crippen LogP contribution in [-0.4, -0.2) is 38.5 Å². The summed E-state index contributed by atoms with van der Waals surface area (Å²) < 4.78 is 1.72. The fourth-order valence-electron chi connectivity index (χ4n) is 1.72. The molecule has 2 amide bonds. The Morgan fingerprint density at radius 1 is 1.47 bits per heavy atom. The maximum Gasteiger partial charge on any atom is 0.315 e. The van der Waals surface area contributed by atoms with Gasteiger partial charge in [0, 0.05) is 24.0 Å². The highest BCUT2D eigenvalue weighted by atomic mass is 16.4. The predicted molar refractivity (Wildman–Crippen MR) is 69.7 cm³/mol. The van der Waals surface area contributed by atoms with E-state index in [-0.39, 0.29) is 18.5 Å². The summed E-state index contributed by atoms with van der Waals surface area (Å²) >= 11 is 0. The first-order chi connectivity index (χ1) is 8.78. The number of aliphatic carboxylic acids is 1. The molecular weight excluding hydrogens is 248 g/mol. The largest absolute Gasteiger partial charge is 0.481 e. The standard InChI is InChI=1S/C12H20N4O3/c1-9(8-16-6-4-5-13-16)14-11(19)15-12(2,3)7-10(17)18/h4-6,9H,7-8H2,1-3H3,(H,17,18)(H2,14,15,19). The lowest BCUT2D eigenvalue weighted by atomic mass is 10.0. The molecule has 106 valence electrons. The van der Waals surface area contributed by atoms with E-state index in [0.717, 1.165) is 0 Å². The van der Waals surface area contributed by atoms with Crippen molar-refractivity contribution in [2.75, 3.05) is 0 Å². The number of carboxylic acids is 1. The number of nitrogens with one attached hydrogen (secondary N) is 2. The number of rotatable bonds is 6. The number of urea groups is 1. The van der Waals surface area contributed by atoms with Gasteiger partial charge in [-0.2, -0.15) is 5.10 Å². The summed E-state index contributed by atoms with van der Waals surface area (Å²) in [6, 6.07) is 1.31. The minimum Gasteiger partial charge on any atom is -0.481 e. The quantitative estimate of drug-likeness (QED) is 0.711. The van der Waals surface area contributed by atoms with Gasteiger partial charge in [0.15, 0.2) is 0 Å². The molecule has 0 aliphatic carbocycles. The van der Waals surface area contributed by atoms with Gasteiger partial charge in [0.05, 0.1) is 13.0 Å². The van der Waals surface area contributed by atoms with Crippen LogP contribution < -0.4 is 10.6 Å². The van der Waals surface area contributed by atoms with E-state index >= 15 is 0 Å². The Morgan fingerprint density at radius 2 is 2.16 bits per heavy atom. The van der Waals surface area contributed by atoms with E-state index in [0.29, 0.717) is 6.54 Å². The van der Waals surface area contributed by atoms with Crippen molar-refractivity contribution in [3.05, 3.63) is 18.5 Å². The van der Waals surface area contributed by atoms with Crippen LogP contribution in [0.25, 0.3) is 0 Å². The first-order valence-electron chi connectivity index (χ1n) is 6.06. The van der Waals surface area contributed by atoms with Crippen molar-refractivity contribution in [3.63, 3.8) is 0 Å². The molecule has 0 radical (unpaired) electrons. The lowest BCUT2D eigenvalue weighted by molar-refractivity contribution is -0.138. The molecule has 0 aliphatic rings. The topological polar surface area (TPSA) is 96.3 Å². The average Bonchev–Trinajstić information content (AvgIpc) is 2.65. The van der Waals surface area contributed by atoms with Gasteiger partial charge < -0.3 is 15.7 Å². The van der Waals surface area contributed by atoms with E-state index in [4.69, 9.17) is 5.11 Å². The summed E-state index contributed by atoms with van der Waals surface area (Å²) in [6.45, 7) is 5.74. The van der Waals surface area contributed by atoms with Crippen LogP contribution >= 0.6 is 0 Å². The van der Waals surface area contributed by atoms with Gasteiger partial charge in [-0.15, -0.1) is 0 Å². The molecule has 0 aromatic carbocycles. The second-order valence-corrected chi connectivity index (χ2v) is 5.18. The Bertz CT molecular complexity index is 428. The molecule has 1 heterocycles. The number of carbonyl (C=O) groups excluding carboxylic acids is 1. The molecule has 1 atom stereocenters. The molecule has 0 bridgehead atoms. The minimum atomic E-state index is -0.949. The van der Waals surface area contributed by atoms with E-state index in [1.54, 1.807) is 24.7 Å². The molecule has 1 unspecified atom stereocenters. The number of amides is 2. The van der Waals surface area contributed by atoms with Gasteiger partial charge in [-0.25, -0.2) is 4.79 Å². The molecule has 0 aliphatic heterocycles. The van der Waals surface area contributed by atoms with Crippen LogP contribution in [0, 0.1) is 0 Å². The van der Waals surface area contributed by atoms with Gasteiger partial charge in [-0.3, -0.25) is 9.48 Å². The second kappa shape index (κ2) is 6.21. The molecule has 19 heavy (non-hydrogen) atoms. The molecule has 0 saturated heterocycles. The molecular formula is C12H20N4O3. The number of nitrogens with zero attached hydrogens (tertiary/aromatic N) is 2. The highest BCUT2D eigenvalue weighted by Crippen LogP contribution is 2.07. The van der Waals surface area contributed by atoms with Crippen molar-refractivity contribution < 1.29 is 14.7 Å². The van der Waals surface area contributed by atoms with E-state index in [9.17, 15) is 9.59 Å². The summed E-state index contributed by atoms with van der Waals surface area (Å²) in [5.74, 6) is -0.949. The van der Waals surface area contributed by atoms with Crippen molar-refractivity contribution in [2.24, 2.45) is 0 Å². The van der Waals surface area contributed by atoms with Crippen LogP contribution in [0.3, 0.4) is 0 Å². The van der Waals surface area contributed by atoms with Crippen molar-refractivity contribution >= 4 is 12.0 Å². The average molecular weight is 268 g/mol. The number of aromatic nitrogens is 2. The lowest BCUT2D eigenvalue weighted by Crippen LogP contribution is -2.51. The summed E-state index contributed by atoms with van der Waals surface area (Å²) in [4.78, 5) is 22.4. The molecule has 0 saturated carbocycles. The van der Waals surface area contributed by atoms with Gasteiger partial charge in [0.2, 0.25) is 0 Å². The van der Waals surface area contributed by atoms with Gasteiger partial charge in [0.25, 0.3) is 0 Å². The number of hydrogen-bond acceptors (Lipinski definition) is 3. The highest BCUT2D eigenvalue weighted by Gasteiger charge is 2.24. The Labute approximate surface area is 112 Å². The molecule has 0 spiro atoms. The van der Waals surface area contributed by atoms with Crippen LogP contribution in [0.5, 0.6) is 0 Å². The zero-order valence-corrected chi connectivity index (χ0v) is 11.4. The lowest BCUT2D eigenvalue weighted by Gasteiger charge is -2.25. The van der Waals surface area contributed by atoms with Gasteiger partial charge in [-0.1, -0.05) is 0 Å². The second-order valence-electron chi connectivity index (χ2n) is 5.18. The molecule has 0 fully saturated rings. The SMILES string of the molecule is CC(Cn1cccn1)NC(=O)NC(C)(C)CC(=O)O. The Hall–Kier alpha value is -2.05. The maximum absolute atomic E-state index is 11.7. The van der Waals surface area contributed by atoms with Crippen molar-refractivity contribution in [1.29, 1.82) is 0 Å². The fraction of sp³-hybridized carbons (Fsp3) is 0.583. The summed E-state index contributed by atoms with van der Waals surface area (Å²) in [5, 5.41) is 18.2. The smallest absolute Gasteiger partial charge is 0.315 e. The third-order valence-electron chi connectivity index (χ3n) is 2.44. The Kier molecular flexibility index (Phi) is 4.91. The predicted octanol–water partition coefficient (Wildman–Crippen LogP) is 0.824. The number of carbonyl (C=O) groups is 2. The van der Waals surface area contributed by atoms with Crippen LogP contribution in [-0.2, 0) is 11.3 Å². The van der Waals surface area contributed by atoms with Crippen LogP contribution in [0.2, 0.25) is 0 Å². The van der Waals surface area contributed by atoms with E-state index in [1.165, 1.54) is 0 Å². The summed E-state index contributed by atoms with van der Waals surface area (Å²) in [7, 11) is 0. The molecule has 7 heteroatoms. The Balaban J connectivity index is 2.40. The third-order valence-corrected chi connectivity index (χ3v) is 2.44. The van der Waals surface area contributed by atoms with Crippen LogP contribution in [0.4, 0.5) is 4.79 Å². The number of hydrogen-bond donors (Lipinski definition) is 3. The molecule has 1 aromatic rings. The summed E-state index contributed by atoms with van der Waals surface area (Å²) in [6.07, 6.45) is 3.35. The normalized spacial score (nSPS) is 12.8. The number of carboxylic acid groups (broad SMARTS) is 1. The minimum absolute atomic E-state index is 0.111. The molecule has 7 nitrogen and oxygen atoms in total.